The van der Waals surface area contributed by atoms with E-state index in [2.05, 4.69) is 15.2 Å². The predicted molar refractivity (Wildman–Crippen MR) is 105 cm³/mol. The second-order valence-electron chi connectivity index (χ2n) is 6.40. The van der Waals surface area contributed by atoms with Crippen molar-refractivity contribution in [3.8, 4) is 17.1 Å². The van der Waals surface area contributed by atoms with Crippen molar-refractivity contribution in [2.24, 2.45) is 0 Å². The Morgan fingerprint density at radius 2 is 2.04 bits per heavy atom. The lowest BCUT2D eigenvalue weighted by atomic mass is 10.1. The molecule has 146 valence electrons. The number of hydrogen-bond acceptors (Lipinski definition) is 4. The fourth-order valence-electron chi connectivity index (χ4n) is 2.88. The third-order valence-electron chi connectivity index (χ3n) is 4.34. The Kier molecular flexibility index (Phi) is 6.37. The van der Waals surface area contributed by atoms with E-state index in [1.54, 1.807) is 42.4 Å². The maximum atomic E-state index is 13.0. The first-order chi connectivity index (χ1) is 13.6. The Morgan fingerprint density at radius 3 is 2.79 bits per heavy atom. The number of amides is 1. The number of H-pyrrole nitrogens is 1. The van der Waals surface area contributed by atoms with Gasteiger partial charge in [0.15, 0.2) is 0 Å². The number of pyridine rings is 1. The van der Waals surface area contributed by atoms with E-state index in [1.165, 1.54) is 12.1 Å². The van der Waals surface area contributed by atoms with Gasteiger partial charge in [-0.15, -0.1) is 0 Å². The molecule has 0 fully saturated rings. The fraction of sp³-hybridized carbons (Fsp3) is 0.286. The highest BCUT2D eigenvalue weighted by molar-refractivity contribution is 5.96. The number of ether oxygens (including phenoxy) is 1. The predicted octanol–water partition coefficient (Wildman–Crippen LogP) is 3.71. The van der Waals surface area contributed by atoms with Crippen LogP contribution in [0.2, 0.25) is 0 Å². The van der Waals surface area contributed by atoms with E-state index >= 15 is 0 Å². The van der Waals surface area contributed by atoms with Gasteiger partial charge in [-0.2, -0.15) is 5.10 Å². The number of rotatable bonds is 8. The minimum Gasteiger partial charge on any atom is -0.477 e. The first-order valence-corrected chi connectivity index (χ1v) is 9.22. The van der Waals surface area contributed by atoms with Crippen molar-refractivity contribution in [2.45, 2.75) is 19.8 Å². The average molecular weight is 382 g/mol. The van der Waals surface area contributed by atoms with E-state index in [-0.39, 0.29) is 11.7 Å². The molecule has 0 radical (unpaired) electrons. The molecule has 0 saturated carbocycles. The molecule has 3 aromatic rings. The largest absolute Gasteiger partial charge is 0.477 e. The van der Waals surface area contributed by atoms with Crippen LogP contribution in [0.3, 0.4) is 0 Å². The summed E-state index contributed by atoms with van der Waals surface area (Å²) in [6, 6.07) is 11.6. The summed E-state index contributed by atoms with van der Waals surface area (Å²) in [6.45, 7) is 2.90. The Morgan fingerprint density at radius 1 is 1.25 bits per heavy atom. The summed E-state index contributed by atoms with van der Waals surface area (Å²) in [6.07, 6.45) is 3.13. The Bertz CT molecular complexity index is 924. The van der Waals surface area contributed by atoms with Crippen molar-refractivity contribution in [3.63, 3.8) is 0 Å². The molecular formula is C21H23FN4O2. The van der Waals surface area contributed by atoms with Crippen LogP contribution in [0.5, 0.6) is 5.88 Å². The zero-order chi connectivity index (χ0) is 19.9. The summed E-state index contributed by atoms with van der Waals surface area (Å²) < 4.78 is 18.5. The lowest BCUT2D eigenvalue weighted by Gasteiger charge is -2.18. The Hall–Kier alpha value is -3.22. The van der Waals surface area contributed by atoms with Crippen LogP contribution in [0.25, 0.3) is 11.3 Å². The van der Waals surface area contributed by atoms with Crippen LogP contribution in [0.15, 0.2) is 48.7 Å². The van der Waals surface area contributed by atoms with Crippen LogP contribution in [0, 0.1) is 5.82 Å². The van der Waals surface area contributed by atoms with Gasteiger partial charge in [-0.1, -0.05) is 0 Å². The number of aryl methyl sites for hydroxylation is 1. The topological polar surface area (TPSA) is 71.1 Å². The number of halogens is 1. The van der Waals surface area contributed by atoms with Gasteiger partial charge in [0.05, 0.1) is 12.3 Å². The standard InChI is InChI=1S/C21H23FN4O2/c1-3-28-20-18(7-4-12-23-20)21(27)26(2)13-5-6-17-14-19(25-24-17)15-8-10-16(22)11-9-15/h4,7-12,14H,3,5-6,13H2,1-2H3,(H,24,25). The van der Waals surface area contributed by atoms with Crippen molar-refractivity contribution < 1.29 is 13.9 Å². The summed E-state index contributed by atoms with van der Waals surface area (Å²) in [5.41, 5.74) is 3.07. The van der Waals surface area contributed by atoms with E-state index in [0.717, 1.165) is 29.8 Å². The lowest BCUT2D eigenvalue weighted by molar-refractivity contribution is 0.0788. The minimum absolute atomic E-state index is 0.117. The van der Waals surface area contributed by atoms with Gasteiger partial charge in [-0.05, 0) is 62.2 Å². The molecule has 6 nitrogen and oxygen atoms in total. The van der Waals surface area contributed by atoms with Crippen molar-refractivity contribution >= 4 is 5.91 Å². The van der Waals surface area contributed by atoms with Crippen molar-refractivity contribution in [2.75, 3.05) is 20.2 Å². The second-order valence-corrected chi connectivity index (χ2v) is 6.40. The molecule has 0 spiro atoms. The smallest absolute Gasteiger partial charge is 0.259 e. The van der Waals surface area contributed by atoms with Crippen LogP contribution in [-0.2, 0) is 6.42 Å². The van der Waals surface area contributed by atoms with E-state index < -0.39 is 0 Å². The summed E-state index contributed by atoms with van der Waals surface area (Å²) in [5, 5.41) is 7.28. The number of nitrogens with one attached hydrogen (secondary N) is 1. The summed E-state index contributed by atoms with van der Waals surface area (Å²) >= 11 is 0. The highest BCUT2D eigenvalue weighted by Gasteiger charge is 2.17. The van der Waals surface area contributed by atoms with Gasteiger partial charge in [0.2, 0.25) is 5.88 Å². The molecule has 0 aliphatic rings. The first-order valence-electron chi connectivity index (χ1n) is 9.22. The number of aromatic nitrogens is 3. The number of hydrogen-bond donors (Lipinski definition) is 1. The number of carbonyl (C=O) groups is 1. The van der Waals surface area contributed by atoms with Gasteiger partial charge >= 0.3 is 0 Å². The zero-order valence-electron chi connectivity index (χ0n) is 16.0. The van der Waals surface area contributed by atoms with Crippen LogP contribution >= 0.6 is 0 Å². The molecule has 3 rings (SSSR count). The monoisotopic (exact) mass is 382 g/mol. The molecule has 28 heavy (non-hydrogen) atoms. The molecule has 2 heterocycles. The van der Waals surface area contributed by atoms with Crippen molar-refractivity contribution in [3.05, 3.63) is 65.7 Å². The molecule has 1 N–H and O–H groups in total. The van der Waals surface area contributed by atoms with Gasteiger partial charge in [-0.3, -0.25) is 9.89 Å². The molecule has 0 unspecified atom stereocenters. The molecule has 0 atom stereocenters. The zero-order valence-corrected chi connectivity index (χ0v) is 16.0. The van der Waals surface area contributed by atoms with E-state index in [1.807, 2.05) is 13.0 Å². The van der Waals surface area contributed by atoms with E-state index in [4.69, 9.17) is 4.74 Å². The van der Waals surface area contributed by atoms with Gasteiger partial charge in [0, 0.05) is 31.0 Å². The number of carbonyl (C=O) groups excluding carboxylic acids is 1. The molecule has 1 aromatic carbocycles. The van der Waals surface area contributed by atoms with Gasteiger partial charge in [0.1, 0.15) is 11.4 Å². The summed E-state index contributed by atoms with van der Waals surface area (Å²) in [5.74, 6) is -0.0270. The fourth-order valence-corrected chi connectivity index (χ4v) is 2.88. The molecule has 0 aliphatic heterocycles. The van der Waals surface area contributed by atoms with E-state index in [9.17, 15) is 9.18 Å². The summed E-state index contributed by atoms with van der Waals surface area (Å²) in [4.78, 5) is 18.4. The lowest BCUT2D eigenvalue weighted by Crippen LogP contribution is -2.28. The number of aromatic amines is 1. The van der Waals surface area contributed by atoms with Gasteiger partial charge in [-0.25, -0.2) is 9.37 Å². The molecule has 7 heteroatoms. The van der Waals surface area contributed by atoms with Crippen molar-refractivity contribution in [1.82, 2.24) is 20.1 Å². The molecule has 2 aromatic heterocycles. The van der Waals surface area contributed by atoms with Crippen LogP contribution in [-0.4, -0.2) is 46.2 Å². The Balaban J connectivity index is 1.55. The normalized spacial score (nSPS) is 10.7. The summed E-state index contributed by atoms with van der Waals surface area (Å²) in [7, 11) is 1.77. The van der Waals surface area contributed by atoms with Crippen molar-refractivity contribution in [1.29, 1.82) is 0 Å². The number of nitrogens with zero attached hydrogens (tertiary/aromatic N) is 3. The molecule has 1 amide bonds. The third kappa shape index (κ3) is 4.73. The Labute approximate surface area is 163 Å². The highest BCUT2D eigenvalue weighted by atomic mass is 19.1. The van der Waals surface area contributed by atoms with Gasteiger partial charge in [0.25, 0.3) is 5.91 Å². The molecule has 0 bridgehead atoms. The quantitative estimate of drug-likeness (QED) is 0.645. The highest BCUT2D eigenvalue weighted by Crippen LogP contribution is 2.19. The number of benzene rings is 1. The maximum Gasteiger partial charge on any atom is 0.259 e. The van der Waals surface area contributed by atoms with Crippen LogP contribution in [0.4, 0.5) is 4.39 Å². The molecule has 0 saturated heterocycles. The minimum atomic E-state index is -0.270. The second kappa shape index (κ2) is 9.12. The molecule has 0 aliphatic carbocycles. The van der Waals surface area contributed by atoms with Gasteiger partial charge < -0.3 is 9.64 Å². The van der Waals surface area contributed by atoms with Crippen LogP contribution in [0.1, 0.15) is 29.4 Å². The SMILES string of the molecule is CCOc1ncccc1C(=O)N(C)CCCc1cc(-c2ccc(F)cc2)n[nH]1. The average Bonchev–Trinajstić information content (AvgIpc) is 3.17. The van der Waals surface area contributed by atoms with E-state index in [0.29, 0.717) is 24.6 Å². The third-order valence-corrected chi connectivity index (χ3v) is 4.34. The molecular weight excluding hydrogens is 359 g/mol. The first kappa shape index (κ1) is 19.5. The maximum absolute atomic E-state index is 13.0. The van der Waals surface area contributed by atoms with Crippen LogP contribution < -0.4 is 4.74 Å².